The van der Waals surface area contributed by atoms with Crippen molar-refractivity contribution in [1.82, 2.24) is 30.2 Å². The number of piperazine rings is 1. The van der Waals surface area contributed by atoms with E-state index in [2.05, 4.69) is 43.7 Å². The molecule has 3 aromatic rings. The lowest BCUT2D eigenvalue weighted by Gasteiger charge is -2.26. The molecule has 0 spiro atoms. The second-order valence-electron chi connectivity index (χ2n) is 5.88. The predicted octanol–water partition coefficient (Wildman–Crippen LogP) is 1.63. The van der Waals surface area contributed by atoms with Gasteiger partial charge in [-0.2, -0.15) is 0 Å². The lowest BCUT2D eigenvalue weighted by atomic mass is 10.2. The van der Waals surface area contributed by atoms with Gasteiger partial charge in [-0.25, -0.2) is 9.67 Å². The van der Waals surface area contributed by atoms with Crippen molar-refractivity contribution in [2.75, 3.05) is 32.7 Å². The first-order valence-corrected chi connectivity index (χ1v) is 8.81. The molecule has 1 aromatic carbocycles. The number of benzene rings is 1. The highest BCUT2D eigenvalue weighted by Gasteiger charge is 2.11. The molecule has 0 saturated carbocycles. The van der Waals surface area contributed by atoms with E-state index in [0.29, 0.717) is 0 Å². The van der Waals surface area contributed by atoms with Gasteiger partial charge in [0.25, 0.3) is 0 Å². The van der Waals surface area contributed by atoms with Crippen LogP contribution in [-0.2, 0) is 6.42 Å². The smallest absolute Gasteiger partial charge is 0.0907 e. The molecule has 1 aliphatic heterocycles. The number of rotatable bonds is 4. The molecule has 4 rings (SSSR count). The highest BCUT2D eigenvalue weighted by molar-refractivity contribution is 7.18. The van der Waals surface area contributed by atoms with E-state index in [4.69, 9.17) is 0 Å². The second-order valence-corrected chi connectivity index (χ2v) is 7.12. The molecule has 1 N–H and O–H groups in total. The van der Waals surface area contributed by atoms with Gasteiger partial charge in [-0.05, 0) is 25.1 Å². The van der Waals surface area contributed by atoms with Crippen LogP contribution in [0.3, 0.4) is 0 Å². The number of aromatic nitrogens is 4. The van der Waals surface area contributed by atoms with Gasteiger partial charge in [0.1, 0.15) is 0 Å². The van der Waals surface area contributed by atoms with Crippen molar-refractivity contribution in [3.8, 4) is 5.69 Å². The Morgan fingerprint density at radius 3 is 3.00 bits per heavy atom. The number of thiazole rings is 1. The van der Waals surface area contributed by atoms with Gasteiger partial charge in [-0.3, -0.25) is 0 Å². The minimum Gasteiger partial charge on any atom is -0.314 e. The Morgan fingerprint density at radius 2 is 2.13 bits per heavy atom. The van der Waals surface area contributed by atoms with Crippen molar-refractivity contribution in [3.05, 3.63) is 35.1 Å². The fourth-order valence-corrected chi connectivity index (χ4v) is 3.78. The Labute approximate surface area is 139 Å². The van der Waals surface area contributed by atoms with E-state index in [1.165, 1.54) is 4.70 Å². The molecule has 6 nitrogen and oxygen atoms in total. The highest BCUT2D eigenvalue weighted by Crippen LogP contribution is 2.23. The van der Waals surface area contributed by atoms with Crippen LogP contribution in [0, 0.1) is 6.92 Å². The summed E-state index contributed by atoms with van der Waals surface area (Å²) in [4.78, 5) is 6.97. The Kier molecular flexibility index (Phi) is 4.07. The first kappa shape index (κ1) is 14.7. The van der Waals surface area contributed by atoms with Crippen LogP contribution in [0.2, 0.25) is 0 Å². The van der Waals surface area contributed by atoms with Crippen molar-refractivity contribution >= 4 is 21.6 Å². The fraction of sp³-hybridized carbons (Fsp3) is 0.438. The third-order valence-corrected chi connectivity index (χ3v) is 5.11. The first-order chi connectivity index (χ1) is 11.3. The van der Waals surface area contributed by atoms with Gasteiger partial charge in [-0.1, -0.05) is 5.21 Å². The van der Waals surface area contributed by atoms with Crippen molar-refractivity contribution in [2.24, 2.45) is 0 Å². The lowest BCUT2D eigenvalue weighted by molar-refractivity contribution is 0.243. The maximum atomic E-state index is 4.50. The molecule has 0 aliphatic carbocycles. The molecule has 3 heterocycles. The van der Waals surface area contributed by atoms with Crippen LogP contribution in [0.5, 0.6) is 0 Å². The van der Waals surface area contributed by atoms with Gasteiger partial charge in [-0.15, -0.1) is 16.4 Å². The van der Waals surface area contributed by atoms with Gasteiger partial charge >= 0.3 is 0 Å². The topological polar surface area (TPSA) is 58.9 Å². The number of hydrogen-bond donors (Lipinski definition) is 1. The molecule has 1 saturated heterocycles. The molecule has 1 aliphatic rings. The molecule has 0 radical (unpaired) electrons. The Balaban J connectivity index is 1.47. The summed E-state index contributed by atoms with van der Waals surface area (Å²) in [5, 5.41) is 13.1. The van der Waals surface area contributed by atoms with Crippen LogP contribution >= 0.6 is 11.3 Å². The molecule has 0 bridgehead atoms. The molecule has 0 atom stereocenters. The minimum absolute atomic E-state index is 0.946. The molecule has 7 heteroatoms. The second kappa shape index (κ2) is 6.35. The van der Waals surface area contributed by atoms with Crippen LogP contribution < -0.4 is 5.32 Å². The van der Waals surface area contributed by atoms with E-state index in [1.54, 1.807) is 11.3 Å². The van der Waals surface area contributed by atoms with E-state index < -0.39 is 0 Å². The normalized spacial score (nSPS) is 16.2. The van der Waals surface area contributed by atoms with Gasteiger partial charge in [0.15, 0.2) is 0 Å². The predicted molar refractivity (Wildman–Crippen MR) is 92.3 cm³/mol. The van der Waals surface area contributed by atoms with Crippen LogP contribution in [0.4, 0.5) is 0 Å². The van der Waals surface area contributed by atoms with E-state index in [9.17, 15) is 0 Å². The monoisotopic (exact) mass is 328 g/mol. The third kappa shape index (κ3) is 3.26. The van der Waals surface area contributed by atoms with Crippen molar-refractivity contribution < 1.29 is 0 Å². The minimum atomic E-state index is 0.946. The number of fused-ring (bicyclic) bond motifs is 1. The molecule has 120 valence electrons. The van der Waals surface area contributed by atoms with Crippen molar-refractivity contribution in [2.45, 2.75) is 13.3 Å². The van der Waals surface area contributed by atoms with E-state index in [1.807, 2.05) is 17.8 Å². The lowest BCUT2D eigenvalue weighted by Crippen LogP contribution is -2.44. The summed E-state index contributed by atoms with van der Waals surface area (Å²) >= 11 is 1.71. The highest BCUT2D eigenvalue weighted by atomic mass is 32.1. The molecule has 1 fully saturated rings. The number of aryl methyl sites for hydroxylation is 1. The Bertz CT molecular complexity index is 802. The summed E-state index contributed by atoms with van der Waals surface area (Å²) in [5.74, 6) is 0. The number of nitrogens with one attached hydrogen (secondary N) is 1. The van der Waals surface area contributed by atoms with Crippen molar-refractivity contribution in [3.63, 3.8) is 0 Å². The average Bonchev–Trinajstić information content (AvgIpc) is 3.18. The van der Waals surface area contributed by atoms with Gasteiger partial charge in [0.2, 0.25) is 0 Å². The molecular weight excluding hydrogens is 308 g/mol. The summed E-state index contributed by atoms with van der Waals surface area (Å²) in [6.45, 7) is 7.49. The van der Waals surface area contributed by atoms with Gasteiger partial charge in [0, 0.05) is 39.1 Å². The van der Waals surface area contributed by atoms with E-state index in [-0.39, 0.29) is 0 Å². The Hall–Kier alpha value is -1.83. The third-order valence-electron chi connectivity index (χ3n) is 4.18. The largest absolute Gasteiger partial charge is 0.314 e. The Morgan fingerprint density at radius 1 is 1.26 bits per heavy atom. The van der Waals surface area contributed by atoms with Crippen LogP contribution in [-0.4, -0.2) is 57.6 Å². The summed E-state index contributed by atoms with van der Waals surface area (Å²) in [7, 11) is 0. The molecule has 2 aromatic heterocycles. The van der Waals surface area contributed by atoms with Crippen LogP contribution in [0.25, 0.3) is 15.9 Å². The summed E-state index contributed by atoms with van der Waals surface area (Å²) < 4.78 is 3.06. The number of hydrogen-bond acceptors (Lipinski definition) is 6. The van der Waals surface area contributed by atoms with Crippen LogP contribution in [0.1, 0.15) is 10.7 Å². The SMILES string of the molecule is Cc1nc2ccc(-n3cc(CCN4CCNCC4)nn3)cc2s1. The fourth-order valence-electron chi connectivity index (χ4n) is 2.92. The van der Waals surface area contributed by atoms with Crippen molar-refractivity contribution in [1.29, 1.82) is 0 Å². The molecular formula is C16H20N6S. The summed E-state index contributed by atoms with van der Waals surface area (Å²) in [5.41, 5.74) is 3.14. The molecule has 23 heavy (non-hydrogen) atoms. The first-order valence-electron chi connectivity index (χ1n) is 8.00. The average molecular weight is 328 g/mol. The standard InChI is InChI=1S/C16H20N6S/c1-12-18-15-3-2-14(10-16(15)23-12)22-11-13(19-20-22)4-7-21-8-5-17-6-9-21/h2-3,10-11,17H,4-9H2,1H3. The van der Waals surface area contributed by atoms with Gasteiger partial charge < -0.3 is 10.2 Å². The quantitative estimate of drug-likeness (QED) is 0.789. The number of nitrogens with zero attached hydrogens (tertiary/aromatic N) is 5. The molecule has 0 amide bonds. The zero-order valence-electron chi connectivity index (χ0n) is 13.2. The van der Waals surface area contributed by atoms with E-state index >= 15 is 0 Å². The zero-order valence-corrected chi connectivity index (χ0v) is 14.0. The summed E-state index contributed by atoms with van der Waals surface area (Å²) in [6.07, 6.45) is 2.99. The zero-order chi connectivity index (χ0) is 15.6. The maximum absolute atomic E-state index is 4.50. The van der Waals surface area contributed by atoms with Gasteiger partial charge in [0.05, 0.1) is 32.8 Å². The molecule has 0 unspecified atom stereocenters. The van der Waals surface area contributed by atoms with E-state index in [0.717, 1.165) is 61.1 Å². The van der Waals surface area contributed by atoms with Crippen LogP contribution in [0.15, 0.2) is 24.4 Å². The summed E-state index contributed by atoms with van der Waals surface area (Å²) in [6, 6.07) is 6.24. The maximum Gasteiger partial charge on any atom is 0.0907 e.